The van der Waals surface area contributed by atoms with Crippen molar-refractivity contribution in [1.82, 2.24) is 19.7 Å². The number of fused-ring (bicyclic) bond motifs is 1. The van der Waals surface area contributed by atoms with Gasteiger partial charge in [-0.25, -0.2) is 19.6 Å². The molecule has 0 aliphatic rings. The number of hydrogen-bond acceptors (Lipinski definition) is 11. The molecule has 2 heterocycles. The second kappa shape index (κ2) is 8.52. The predicted octanol–water partition coefficient (Wildman–Crippen LogP) is 0.0193. The van der Waals surface area contributed by atoms with Crippen LogP contribution in [0, 0.1) is 5.92 Å². The molecule has 0 fully saturated rings. The van der Waals surface area contributed by atoms with E-state index in [0.717, 1.165) is 0 Å². The van der Waals surface area contributed by atoms with Crippen molar-refractivity contribution >= 4 is 29.4 Å². The summed E-state index contributed by atoms with van der Waals surface area (Å²) in [5.74, 6) is -0.424. The van der Waals surface area contributed by atoms with Gasteiger partial charge in [0.15, 0.2) is 0 Å². The van der Waals surface area contributed by atoms with Crippen LogP contribution in [0.2, 0.25) is 0 Å². The normalized spacial score (nSPS) is 10.5. The van der Waals surface area contributed by atoms with Crippen LogP contribution in [0.3, 0.4) is 0 Å². The minimum Gasteiger partial charge on any atom is -0.438 e. The summed E-state index contributed by atoms with van der Waals surface area (Å²) in [7, 11) is 2.36. The summed E-state index contributed by atoms with van der Waals surface area (Å²) in [5, 5.41) is 0. The molecule has 2 N–H and O–H groups in total. The number of ether oxygens (including phenoxy) is 4. The van der Waals surface area contributed by atoms with Crippen LogP contribution in [0.5, 0.6) is 0 Å². The monoisotopic (exact) mass is 355 g/mol. The molecule has 0 radical (unpaired) electrons. The summed E-state index contributed by atoms with van der Waals surface area (Å²) in [6, 6.07) is 0. The van der Waals surface area contributed by atoms with Crippen molar-refractivity contribution in [3.8, 4) is 0 Å². The van der Waals surface area contributed by atoms with Crippen LogP contribution in [0.15, 0.2) is 12.5 Å². The third-order valence-corrected chi connectivity index (χ3v) is 2.94. The highest BCUT2D eigenvalue weighted by Crippen LogP contribution is 2.09. The maximum atomic E-state index is 11.1. The molecule has 0 aliphatic carbocycles. The zero-order valence-corrected chi connectivity index (χ0v) is 13.6. The Bertz CT molecular complexity index is 715. The number of carbonyl (C=O) groups excluding carboxylic acids is 2. The van der Waals surface area contributed by atoms with Gasteiger partial charge in [-0.2, -0.15) is 9.71 Å². The number of anilines is 1. The molecule has 0 aliphatic heterocycles. The number of rotatable bonds is 7. The average molecular weight is 355 g/mol. The van der Waals surface area contributed by atoms with Gasteiger partial charge in [-0.1, -0.05) is 0 Å². The molecule has 0 spiro atoms. The second-order valence-electron chi connectivity index (χ2n) is 4.70. The standard InChI is InChI=1S/C13H17N5O7/c1-21-12(19)23-4-8(5-24-13(20)22-2)6-25-18-7-16-9-3-15-11(14)17-10(9)18/h3,7-8H,4-6H2,1-2H3,(H2,14,15,17). The van der Waals surface area contributed by atoms with E-state index in [2.05, 4.69) is 24.4 Å². The van der Waals surface area contributed by atoms with E-state index in [1.165, 1.54) is 31.5 Å². The molecule has 2 rings (SSSR count). The molecule has 2 aromatic rings. The van der Waals surface area contributed by atoms with Crippen LogP contribution in [-0.2, 0) is 18.9 Å². The Balaban J connectivity index is 1.99. The van der Waals surface area contributed by atoms with Crippen LogP contribution >= 0.6 is 0 Å². The number of imidazole rings is 1. The lowest BCUT2D eigenvalue weighted by atomic mass is 10.2. The van der Waals surface area contributed by atoms with E-state index in [1.807, 2.05) is 0 Å². The topological polar surface area (TPSA) is 150 Å². The molecular weight excluding hydrogens is 338 g/mol. The Morgan fingerprint density at radius 3 is 2.36 bits per heavy atom. The minimum atomic E-state index is -0.864. The Hall–Kier alpha value is -3.31. The summed E-state index contributed by atoms with van der Waals surface area (Å²) in [6.07, 6.45) is 1.11. The largest absolute Gasteiger partial charge is 0.507 e. The maximum Gasteiger partial charge on any atom is 0.507 e. The maximum absolute atomic E-state index is 11.1. The average Bonchev–Trinajstić information content (AvgIpc) is 3.02. The molecule has 2 aromatic heterocycles. The summed E-state index contributed by atoms with van der Waals surface area (Å²) in [5.41, 5.74) is 6.40. The Morgan fingerprint density at radius 1 is 1.12 bits per heavy atom. The summed E-state index contributed by atoms with van der Waals surface area (Å²) in [4.78, 5) is 39.6. The zero-order chi connectivity index (χ0) is 18.2. The summed E-state index contributed by atoms with van der Waals surface area (Å²) < 4.78 is 19.8. The van der Waals surface area contributed by atoms with Crippen molar-refractivity contribution in [3.05, 3.63) is 12.5 Å². The van der Waals surface area contributed by atoms with Gasteiger partial charge in [0.25, 0.3) is 0 Å². The van der Waals surface area contributed by atoms with Gasteiger partial charge >= 0.3 is 12.3 Å². The number of carbonyl (C=O) groups is 2. The van der Waals surface area contributed by atoms with Gasteiger partial charge in [0.1, 0.15) is 31.7 Å². The molecule has 0 amide bonds. The van der Waals surface area contributed by atoms with Gasteiger partial charge < -0.3 is 29.5 Å². The van der Waals surface area contributed by atoms with Crippen molar-refractivity contribution < 1.29 is 33.4 Å². The molecule has 0 bridgehead atoms. The first-order chi connectivity index (χ1) is 12.0. The van der Waals surface area contributed by atoms with Crippen molar-refractivity contribution in [3.63, 3.8) is 0 Å². The molecule has 12 heteroatoms. The molecule has 25 heavy (non-hydrogen) atoms. The van der Waals surface area contributed by atoms with Crippen LogP contribution in [-0.4, -0.2) is 66.0 Å². The Labute approximate surface area is 141 Å². The molecule has 0 unspecified atom stereocenters. The van der Waals surface area contributed by atoms with Gasteiger partial charge in [-0.05, 0) is 0 Å². The van der Waals surface area contributed by atoms with Gasteiger partial charge in [0.05, 0.1) is 26.3 Å². The molecule has 0 aromatic carbocycles. The number of nitrogen functional groups attached to an aromatic ring is 1. The van der Waals surface area contributed by atoms with Gasteiger partial charge in [-0.3, -0.25) is 0 Å². The van der Waals surface area contributed by atoms with Crippen LogP contribution in [0.1, 0.15) is 0 Å². The number of methoxy groups -OCH3 is 2. The van der Waals surface area contributed by atoms with Gasteiger partial charge in [0.2, 0.25) is 11.6 Å². The molecule has 0 atom stereocenters. The van der Waals surface area contributed by atoms with Crippen molar-refractivity contribution in [1.29, 1.82) is 0 Å². The summed E-state index contributed by atoms with van der Waals surface area (Å²) in [6.45, 7) is -0.190. The van der Waals surface area contributed by atoms with E-state index in [0.29, 0.717) is 11.2 Å². The number of nitrogens with zero attached hydrogens (tertiary/aromatic N) is 4. The minimum absolute atomic E-state index is 0.0172. The third-order valence-electron chi connectivity index (χ3n) is 2.94. The predicted molar refractivity (Wildman–Crippen MR) is 81.4 cm³/mol. The number of nitrogens with two attached hydrogens (primary N) is 1. The SMILES string of the molecule is COC(=O)OCC(COC(=O)OC)COn1cnc2cnc(N)nc21. The zero-order valence-electron chi connectivity index (χ0n) is 13.6. The lowest BCUT2D eigenvalue weighted by molar-refractivity contribution is -0.00228. The first-order valence-corrected chi connectivity index (χ1v) is 7.03. The fourth-order valence-electron chi connectivity index (χ4n) is 1.72. The smallest absolute Gasteiger partial charge is 0.438 e. The number of aromatic nitrogens is 4. The number of hydrogen-bond donors (Lipinski definition) is 1. The van der Waals surface area contributed by atoms with E-state index < -0.39 is 18.2 Å². The van der Waals surface area contributed by atoms with Crippen LogP contribution < -0.4 is 10.6 Å². The van der Waals surface area contributed by atoms with E-state index in [4.69, 9.17) is 20.0 Å². The lowest BCUT2D eigenvalue weighted by Gasteiger charge is -2.17. The molecule has 136 valence electrons. The van der Waals surface area contributed by atoms with Gasteiger partial charge in [-0.15, -0.1) is 0 Å². The fourth-order valence-corrected chi connectivity index (χ4v) is 1.72. The quantitative estimate of drug-likeness (QED) is 0.669. The summed E-state index contributed by atoms with van der Waals surface area (Å²) >= 11 is 0. The lowest BCUT2D eigenvalue weighted by Crippen LogP contribution is -2.29. The molecular formula is C13H17N5O7. The van der Waals surface area contributed by atoms with Crippen LogP contribution in [0.4, 0.5) is 15.5 Å². The Morgan fingerprint density at radius 2 is 1.76 bits per heavy atom. The highest BCUT2D eigenvalue weighted by atomic mass is 16.7. The van der Waals surface area contributed by atoms with Crippen molar-refractivity contribution in [2.45, 2.75) is 0 Å². The highest BCUT2D eigenvalue weighted by Gasteiger charge is 2.18. The van der Waals surface area contributed by atoms with E-state index in [-0.39, 0.29) is 25.8 Å². The first-order valence-electron chi connectivity index (χ1n) is 7.03. The van der Waals surface area contributed by atoms with Crippen LogP contribution in [0.25, 0.3) is 11.2 Å². The second-order valence-corrected chi connectivity index (χ2v) is 4.70. The van der Waals surface area contributed by atoms with Gasteiger partial charge in [0, 0.05) is 0 Å². The Kier molecular flexibility index (Phi) is 6.14. The van der Waals surface area contributed by atoms with E-state index >= 15 is 0 Å². The highest BCUT2D eigenvalue weighted by molar-refractivity contribution is 5.70. The van der Waals surface area contributed by atoms with Crippen molar-refractivity contribution in [2.75, 3.05) is 39.8 Å². The first kappa shape index (κ1) is 18.0. The van der Waals surface area contributed by atoms with E-state index in [1.54, 1.807) is 0 Å². The van der Waals surface area contributed by atoms with E-state index in [9.17, 15) is 9.59 Å². The molecule has 0 saturated carbocycles. The van der Waals surface area contributed by atoms with Crippen molar-refractivity contribution in [2.24, 2.45) is 5.92 Å². The fraction of sp³-hybridized carbons (Fsp3) is 0.462. The third kappa shape index (κ3) is 5.09. The molecule has 0 saturated heterocycles. The molecule has 12 nitrogen and oxygen atoms in total.